The van der Waals surface area contributed by atoms with E-state index in [4.69, 9.17) is 0 Å². The molecule has 2 aliphatic heterocycles. The topological polar surface area (TPSA) is 82.6 Å². The summed E-state index contributed by atoms with van der Waals surface area (Å²) < 4.78 is 3.72. The molecule has 224 valence electrons. The van der Waals surface area contributed by atoms with Gasteiger partial charge in [-0.3, -0.25) is 14.3 Å². The lowest BCUT2D eigenvalue weighted by molar-refractivity contribution is 0.153. The summed E-state index contributed by atoms with van der Waals surface area (Å²) in [5.74, 6) is 0.241. The summed E-state index contributed by atoms with van der Waals surface area (Å²) >= 11 is 0. The van der Waals surface area contributed by atoms with Gasteiger partial charge in [0.25, 0.3) is 0 Å². The highest BCUT2D eigenvalue weighted by Crippen LogP contribution is 2.28. The Bertz CT molecular complexity index is 1350. The number of aromatic hydroxyl groups is 2. The molecule has 2 aromatic carbocycles. The molecule has 0 bridgehead atoms. The van der Waals surface area contributed by atoms with Crippen LogP contribution in [0.3, 0.4) is 0 Å². The average molecular weight is 571 g/mol. The van der Waals surface area contributed by atoms with Crippen molar-refractivity contribution >= 4 is 0 Å². The van der Waals surface area contributed by atoms with Crippen LogP contribution in [0, 0.1) is 0 Å². The molecule has 42 heavy (non-hydrogen) atoms. The van der Waals surface area contributed by atoms with Gasteiger partial charge in [-0.25, -0.2) is 0 Å². The van der Waals surface area contributed by atoms with E-state index in [0.29, 0.717) is 6.04 Å². The van der Waals surface area contributed by atoms with Crippen LogP contribution in [0.15, 0.2) is 73.1 Å². The molecule has 0 amide bonds. The Labute approximate surface area is 250 Å². The predicted octanol–water partition coefficient (Wildman–Crippen LogP) is 6.26. The van der Waals surface area contributed by atoms with Crippen molar-refractivity contribution < 1.29 is 10.2 Å². The fraction of sp³-hybridized carbons (Fsp3) is 0.471. The van der Waals surface area contributed by atoms with Crippen LogP contribution < -0.4 is 0 Å². The van der Waals surface area contributed by atoms with Crippen LogP contribution in [0.25, 0.3) is 22.3 Å². The summed E-state index contributed by atoms with van der Waals surface area (Å²) in [5, 5.41) is 28.5. The maximum absolute atomic E-state index is 10.0. The molecular weight excluding hydrogens is 524 g/mol. The van der Waals surface area contributed by atoms with E-state index >= 15 is 0 Å². The van der Waals surface area contributed by atoms with Crippen molar-refractivity contribution in [3.05, 3.63) is 73.1 Å². The zero-order valence-electron chi connectivity index (χ0n) is 25.0. The van der Waals surface area contributed by atoms with E-state index in [9.17, 15) is 10.2 Å². The fourth-order valence-electron chi connectivity index (χ4n) is 6.02. The standard InChI is InChI=1S/2C17H23N3O/c1-14-7-5-6-10-19(14)11-12-20-13-16(17(21)18-20)15-8-3-2-4-9-15;21-17-16(15-8-4-3-5-9-15)14-20(18-17)13-12-19-10-6-1-2-7-11-19/h2-4,8-9,13-14H,5-7,10-12H2,1H3,(H,18,21);3-5,8-9,14H,1-2,6-7,10-13H2,(H,18,21). The summed E-state index contributed by atoms with van der Waals surface area (Å²) in [4.78, 5) is 5.03. The third-order valence-electron chi connectivity index (χ3n) is 8.55. The first-order chi connectivity index (χ1) is 20.6. The third-order valence-corrected chi connectivity index (χ3v) is 8.55. The van der Waals surface area contributed by atoms with E-state index in [1.807, 2.05) is 82.4 Å². The molecule has 2 fully saturated rings. The normalized spacial score (nSPS) is 18.3. The number of piperidine rings is 1. The molecule has 4 heterocycles. The predicted molar refractivity (Wildman–Crippen MR) is 168 cm³/mol. The molecule has 1 atom stereocenters. The van der Waals surface area contributed by atoms with E-state index in [2.05, 4.69) is 26.9 Å². The summed E-state index contributed by atoms with van der Waals surface area (Å²) in [7, 11) is 0. The molecular formula is C34H46N6O2. The number of likely N-dealkylation sites (tertiary alicyclic amines) is 2. The van der Waals surface area contributed by atoms with Gasteiger partial charge in [-0.1, -0.05) is 79.9 Å². The van der Waals surface area contributed by atoms with E-state index in [1.54, 1.807) is 0 Å². The van der Waals surface area contributed by atoms with Gasteiger partial charge in [0.05, 0.1) is 24.2 Å². The lowest BCUT2D eigenvalue weighted by Gasteiger charge is -2.33. The van der Waals surface area contributed by atoms with Crippen molar-refractivity contribution in [2.75, 3.05) is 32.7 Å². The maximum Gasteiger partial charge on any atom is 0.238 e. The van der Waals surface area contributed by atoms with E-state index in [1.165, 1.54) is 64.6 Å². The fourth-order valence-corrected chi connectivity index (χ4v) is 6.02. The van der Waals surface area contributed by atoms with Crippen LogP contribution in [0.2, 0.25) is 0 Å². The molecule has 1 unspecified atom stereocenters. The molecule has 0 aliphatic carbocycles. The smallest absolute Gasteiger partial charge is 0.238 e. The summed E-state index contributed by atoms with van der Waals surface area (Å²) in [6.45, 7) is 9.53. The van der Waals surface area contributed by atoms with Gasteiger partial charge in [0.2, 0.25) is 11.8 Å². The number of benzene rings is 2. The SMILES string of the molecule is CC1CCCCN1CCn1cc(-c2ccccc2)c(O)n1.Oc1nn(CCN2CCCCCC2)cc1-c1ccccc1. The first-order valence-corrected chi connectivity index (χ1v) is 15.7. The molecule has 0 radical (unpaired) electrons. The quantitative estimate of drug-likeness (QED) is 0.260. The Morgan fingerprint density at radius 3 is 1.64 bits per heavy atom. The molecule has 4 aromatic rings. The van der Waals surface area contributed by atoms with Gasteiger partial charge in [-0.15, -0.1) is 10.2 Å². The number of aromatic nitrogens is 4. The van der Waals surface area contributed by atoms with Crippen LogP contribution in [0.4, 0.5) is 0 Å². The Hall–Kier alpha value is -3.62. The second-order valence-corrected chi connectivity index (χ2v) is 11.6. The van der Waals surface area contributed by atoms with Gasteiger partial charge in [0, 0.05) is 31.5 Å². The molecule has 2 N–H and O–H groups in total. The molecule has 2 aromatic heterocycles. The average Bonchev–Trinajstić information content (AvgIpc) is 3.47. The summed E-state index contributed by atoms with van der Waals surface area (Å²) in [6, 6.07) is 20.5. The largest absolute Gasteiger partial charge is 0.492 e. The van der Waals surface area contributed by atoms with Gasteiger partial charge in [-0.2, -0.15) is 0 Å². The van der Waals surface area contributed by atoms with Crippen LogP contribution in [-0.2, 0) is 13.1 Å². The van der Waals surface area contributed by atoms with Crippen molar-refractivity contribution in [2.45, 2.75) is 71.0 Å². The zero-order chi connectivity index (χ0) is 29.1. The molecule has 6 rings (SSSR count). The number of hydrogen-bond acceptors (Lipinski definition) is 6. The molecule has 8 heteroatoms. The number of hydrogen-bond donors (Lipinski definition) is 2. The van der Waals surface area contributed by atoms with Gasteiger partial charge >= 0.3 is 0 Å². The van der Waals surface area contributed by atoms with E-state index in [0.717, 1.165) is 48.4 Å². The highest BCUT2D eigenvalue weighted by atomic mass is 16.3. The van der Waals surface area contributed by atoms with Crippen molar-refractivity contribution in [1.82, 2.24) is 29.4 Å². The Balaban J connectivity index is 0.000000168. The molecule has 2 saturated heterocycles. The first-order valence-electron chi connectivity index (χ1n) is 15.7. The van der Waals surface area contributed by atoms with Gasteiger partial charge < -0.3 is 15.1 Å². The second kappa shape index (κ2) is 15.0. The minimum atomic E-state index is 0.118. The Morgan fingerprint density at radius 2 is 1.12 bits per heavy atom. The van der Waals surface area contributed by atoms with Gasteiger partial charge in [0.1, 0.15) is 0 Å². The van der Waals surface area contributed by atoms with Gasteiger partial charge in [-0.05, 0) is 63.4 Å². The van der Waals surface area contributed by atoms with Crippen LogP contribution >= 0.6 is 0 Å². The zero-order valence-corrected chi connectivity index (χ0v) is 25.0. The molecule has 0 saturated carbocycles. The first kappa shape index (κ1) is 29.9. The summed E-state index contributed by atoms with van der Waals surface area (Å²) in [5.41, 5.74) is 3.64. The van der Waals surface area contributed by atoms with Gasteiger partial charge in [0.15, 0.2) is 0 Å². The highest BCUT2D eigenvalue weighted by molar-refractivity contribution is 5.68. The third kappa shape index (κ3) is 8.23. The Morgan fingerprint density at radius 1 is 0.619 bits per heavy atom. The minimum Gasteiger partial charge on any atom is -0.492 e. The maximum atomic E-state index is 10.0. The van der Waals surface area contributed by atoms with Crippen LogP contribution in [0.1, 0.15) is 51.9 Å². The number of rotatable bonds is 8. The monoisotopic (exact) mass is 570 g/mol. The van der Waals surface area contributed by atoms with Crippen molar-refractivity contribution in [2.24, 2.45) is 0 Å². The molecule has 2 aliphatic rings. The van der Waals surface area contributed by atoms with E-state index < -0.39 is 0 Å². The van der Waals surface area contributed by atoms with E-state index in [-0.39, 0.29) is 11.8 Å². The Kier molecular flexibility index (Phi) is 10.7. The van der Waals surface area contributed by atoms with Crippen LogP contribution in [0.5, 0.6) is 11.8 Å². The molecule has 0 spiro atoms. The van der Waals surface area contributed by atoms with Crippen molar-refractivity contribution in [1.29, 1.82) is 0 Å². The molecule has 8 nitrogen and oxygen atoms in total. The minimum absolute atomic E-state index is 0.118. The number of nitrogens with zero attached hydrogens (tertiary/aromatic N) is 6. The summed E-state index contributed by atoms with van der Waals surface area (Å²) in [6.07, 6.45) is 13.2. The lowest BCUT2D eigenvalue weighted by atomic mass is 10.0. The van der Waals surface area contributed by atoms with Crippen LogP contribution in [-0.4, -0.2) is 78.3 Å². The van der Waals surface area contributed by atoms with Crippen molar-refractivity contribution in [3.8, 4) is 34.0 Å². The highest BCUT2D eigenvalue weighted by Gasteiger charge is 2.18. The lowest BCUT2D eigenvalue weighted by Crippen LogP contribution is -2.39. The second-order valence-electron chi connectivity index (χ2n) is 11.6. The van der Waals surface area contributed by atoms with Crippen molar-refractivity contribution in [3.63, 3.8) is 0 Å².